The Balaban J connectivity index is 1.88. The van der Waals surface area contributed by atoms with Crippen LogP contribution in [-0.2, 0) is 13.1 Å². The molecule has 78 valence electrons. The molecule has 0 saturated carbocycles. The lowest BCUT2D eigenvalue weighted by molar-refractivity contribution is 0.327. The highest BCUT2D eigenvalue weighted by Gasteiger charge is 2.12. The summed E-state index contributed by atoms with van der Waals surface area (Å²) in [5, 5.41) is 0. The van der Waals surface area contributed by atoms with Gasteiger partial charge < -0.3 is 10.3 Å². The summed E-state index contributed by atoms with van der Waals surface area (Å²) in [6.45, 7) is 5.00. The molecule has 1 aromatic heterocycles. The highest BCUT2D eigenvalue weighted by molar-refractivity contribution is 4.97. The molecule has 0 bridgehead atoms. The van der Waals surface area contributed by atoms with Crippen molar-refractivity contribution in [2.24, 2.45) is 5.73 Å². The lowest BCUT2D eigenvalue weighted by atomic mass is 10.4. The van der Waals surface area contributed by atoms with Crippen LogP contribution in [-0.4, -0.2) is 34.1 Å². The third-order valence-electron chi connectivity index (χ3n) is 2.66. The second kappa shape index (κ2) is 4.57. The topological polar surface area (TPSA) is 47.1 Å². The number of rotatable bonds is 4. The molecule has 14 heavy (non-hydrogen) atoms. The zero-order valence-electron chi connectivity index (χ0n) is 8.52. The number of hydrogen-bond donors (Lipinski definition) is 1. The van der Waals surface area contributed by atoms with Gasteiger partial charge in [0.2, 0.25) is 0 Å². The van der Waals surface area contributed by atoms with E-state index in [1.165, 1.54) is 31.6 Å². The summed E-state index contributed by atoms with van der Waals surface area (Å²) < 4.78 is 2.06. The molecule has 2 N–H and O–H groups in total. The Kier molecular flexibility index (Phi) is 3.16. The first-order chi connectivity index (χ1) is 6.88. The molecular formula is C10H18N4. The SMILES string of the molecule is NCCn1cnc(CN2CCCC2)c1. The molecule has 0 unspecified atom stereocenters. The molecule has 4 heteroatoms. The summed E-state index contributed by atoms with van der Waals surface area (Å²) >= 11 is 0. The third kappa shape index (κ3) is 2.33. The summed E-state index contributed by atoms with van der Waals surface area (Å²) in [4.78, 5) is 6.82. The van der Waals surface area contributed by atoms with Crippen LogP contribution in [0.5, 0.6) is 0 Å². The number of hydrogen-bond acceptors (Lipinski definition) is 3. The minimum atomic E-state index is 0.680. The predicted molar refractivity (Wildman–Crippen MR) is 55.8 cm³/mol. The van der Waals surface area contributed by atoms with Gasteiger partial charge >= 0.3 is 0 Å². The monoisotopic (exact) mass is 194 g/mol. The Morgan fingerprint density at radius 2 is 2.14 bits per heavy atom. The third-order valence-corrected chi connectivity index (χ3v) is 2.66. The Labute approximate surface area is 84.7 Å². The van der Waals surface area contributed by atoms with E-state index >= 15 is 0 Å². The van der Waals surface area contributed by atoms with Crippen molar-refractivity contribution in [2.45, 2.75) is 25.9 Å². The number of nitrogens with zero attached hydrogens (tertiary/aromatic N) is 3. The molecule has 0 aliphatic carbocycles. The van der Waals surface area contributed by atoms with Gasteiger partial charge in [-0.3, -0.25) is 4.90 Å². The Morgan fingerprint density at radius 1 is 1.36 bits per heavy atom. The van der Waals surface area contributed by atoms with E-state index in [1.807, 2.05) is 6.33 Å². The van der Waals surface area contributed by atoms with Crippen LogP contribution in [0.3, 0.4) is 0 Å². The largest absolute Gasteiger partial charge is 0.336 e. The maximum atomic E-state index is 5.47. The molecule has 1 aliphatic heterocycles. The maximum absolute atomic E-state index is 5.47. The molecule has 1 aromatic rings. The van der Waals surface area contributed by atoms with Crippen LogP contribution < -0.4 is 5.73 Å². The van der Waals surface area contributed by atoms with Gasteiger partial charge in [-0.05, 0) is 25.9 Å². The van der Waals surface area contributed by atoms with E-state index in [1.54, 1.807) is 0 Å². The first kappa shape index (κ1) is 9.68. The van der Waals surface area contributed by atoms with Crippen LogP contribution in [0.2, 0.25) is 0 Å². The van der Waals surface area contributed by atoms with Gasteiger partial charge in [0.1, 0.15) is 0 Å². The maximum Gasteiger partial charge on any atom is 0.0950 e. The highest BCUT2D eigenvalue weighted by atomic mass is 15.2. The lowest BCUT2D eigenvalue weighted by Gasteiger charge is -2.11. The Bertz CT molecular complexity index is 275. The van der Waals surface area contributed by atoms with Crippen molar-refractivity contribution in [3.05, 3.63) is 18.2 Å². The standard InChI is InChI=1S/C10H18N4/c11-3-6-14-8-10(12-9-14)7-13-4-1-2-5-13/h8-9H,1-7,11H2. The van der Waals surface area contributed by atoms with Crippen LogP contribution in [0.25, 0.3) is 0 Å². The number of likely N-dealkylation sites (tertiary alicyclic amines) is 1. The zero-order chi connectivity index (χ0) is 9.80. The van der Waals surface area contributed by atoms with E-state index in [-0.39, 0.29) is 0 Å². The van der Waals surface area contributed by atoms with E-state index in [0.717, 1.165) is 13.1 Å². The fourth-order valence-corrected chi connectivity index (χ4v) is 1.93. The van der Waals surface area contributed by atoms with Gasteiger partial charge in [-0.2, -0.15) is 0 Å². The zero-order valence-corrected chi connectivity index (χ0v) is 8.52. The van der Waals surface area contributed by atoms with Crippen LogP contribution in [0.15, 0.2) is 12.5 Å². The molecule has 2 rings (SSSR count). The second-order valence-electron chi connectivity index (χ2n) is 3.87. The molecule has 0 spiro atoms. The van der Waals surface area contributed by atoms with Crippen molar-refractivity contribution in [1.29, 1.82) is 0 Å². The van der Waals surface area contributed by atoms with Crippen molar-refractivity contribution >= 4 is 0 Å². The van der Waals surface area contributed by atoms with Gasteiger partial charge in [-0.15, -0.1) is 0 Å². The number of nitrogens with two attached hydrogens (primary N) is 1. The molecule has 4 nitrogen and oxygen atoms in total. The summed E-state index contributed by atoms with van der Waals surface area (Å²) in [6.07, 6.45) is 6.65. The van der Waals surface area contributed by atoms with E-state index in [9.17, 15) is 0 Å². The molecule has 0 atom stereocenters. The summed E-state index contributed by atoms with van der Waals surface area (Å²) in [7, 11) is 0. The summed E-state index contributed by atoms with van der Waals surface area (Å²) in [6, 6.07) is 0. The fraction of sp³-hybridized carbons (Fsp3) is 0.700. The molecule has 0 aromatic carbocycles. The quantitative estimate of drug-likeness (QED) is 0.756. The molecule has 2 heterocycles. The lowest BCUT2D eigenvalue weighted by Crippen LogP contribution is -2.18. The Hall–Kier alpha value is -0.870. The van der Waals surface area contributed by atoms with Crippen molar-refractivity contribution < 1.29 is 0 Å². The minimum Gasteiger partial charge on any atom is -0.336 e. The number of imidazole rings is 1. The van der Waals surface area contributed by atoms with E-state index in [2.05, 4.69) is 20.6 Å². The van der Waals surface area contributed by atoms with E-state index in [0.29, 0.717) is 6.54 Å². The minimum absolute atomic E-state index is 0.680. The van der Waals surface area contributed by atoms with Crippen molar-refractivity contribution in [1.82, 2.24) is 14.5 Å². The Morgan fingerprint density at radius 3 is 2.86 bits per heavy atom. The van der Waals surface area contributed by atoms with Gasteiger partial charge in [-0.25, -0.2) is 4.98 Å². The summed E-state index contributed by atoms with van der Waals surface area (Å²) in [5.41, 5.74) is 6.64. The first-order valence-corrected chi connectivity index (χ1v) is 5.31. The fourth-order valence-electron chi connectivity index (χ4n) is 1.93. The second-order valence-corrected chi connectivity index (χ2v) is 3.87. The van der Waals surface area contributed by atoms with Crippen molar-refractivity contribution in [2.75, 3.05) is 19.6 Å². The molecule has 1 saturated heterocycles. The van der Waals surface area contributed by atoms with Crippen LogP contribution in [0.4, 0.5) is 0 Å². The van der Waals surface area contributed by atoms with Crippen LogP contribution >= 0.6 is 0 Å². The van der Waals surface area contributed by atoms with Crippen LogP contribution in [0.1, 0.15) is 18.5 Å². The van der Waals surface area contributed by atoms with Crippen molar-refractivity contribution in [3.8, 4) is 0 Å². The van der Waals surface area contributed by atoms with E-state index in [4.69, 9.17) is 5.73 Å². The smallest absolute Gasteiger partial charge is 0.0950 e. The van der Waals surface area contributed by atoms with Gasteiger partial charge in [0, 0.05) is 25.8 Å². The van der Waals surface area contributed by atoms with Gasteiger partial charge in [0.05, 0.1) is 12.0 Å². The molecule has 1 aliphatic rings. The van der Waals surface area contributed by atoms with Gasteiger partial charge in [0.25, 0.3) is 0 Å². The number of aromatic nitrogens is 2. The molecule has 0 radical (unpaired) electrons. The average Bonchev–Trinajstić information content (AvgIpc) is 2.79. The highest BCUT2D eigenvalue weighted by Crippen LogP contribution is 2.10. The molecule has 0 amide bonds. The van der Waals surface area contributed by atoms with E-state index < -0.39 is 0 Å². The molecule has 1 fully saturated rings. The summed E-state index contributed by atoms with van der Waals surface area (Å²) in [5.74, 6) is 0. The van der Waals surface area contributed by atoms with Gasteiger partial charge in [0.15, 0.2) is 0 Å². The normalized spacial score (nSPS) is 17.8. The molecular weight excluding hydrogens is 176 g/mol. The van der Waals surface area contributed by atoms with Crippen molar-refractivity contribution in [3.63, 3.8) is 0 Å². The first-order valence-electron chi connectivity index (χ1n) is 5.31. The predicted octanol–water partition coefficient (Wildman–Crippen LogP) is 0.438. The van der Waals surface area contributed by atoms with Crippen LogP contribution in [0, 0.1) is 0 Å². The van der Waals surface area contributed by atoms with Gasteiger partial charge in [-0.1, -0.05) is 0 Å². The average molecular weight is 194 g/mol.